The van der Waals surface area contributed by atoms with Crippen LogP contribution in [-0.4, -0.2) is 9.55 Å². The van der Waals surface area contributed by atoms with E-state index >= 15 is 0 Å². The van der Waals surface area contributed by atoms with E-state index in [1.165, 1.54) is 12.1 Å². The number of hydrogen-bond acceptors (Lipinski definition) is 2. The molecule has 19 heavy (non-hydrogen) atoms. The van der Waals surface area contributed by atoms with Gasteiger partial charge in [0.1, 0.15) is 11.6 Å². The first-order valence-electron chi connectivity index (χ1n) is 6.09. The van der Waals surface area contributed by atoms with Crippen molar-refractivity contribution in [2.45, 2.75) is 6.42 Å². The van der Waals surface area contributed by atoms with Crippen LogP contribution < -0.4 is 5.73 Å². The monoisotopic (exact) mass is 255 g/mol. The zero-order chi connectivity index (χ0) is 13.4. The standard InChI is InChI=1S/C15H14FN3/c1-19-14-7-4-11(16)9-13(14)18-15(19)8-10-2-5-12(17)6-3-10/h2-7,9H,8,17H2,1H3. The number of imidazole rings is 1. The molecule has 1 aromatic heterocycles. The van der Waals surface area contributed by atoms with E-state index in [0.29, 0.717) is 11.9 Å². The second-order valence-electron chi connectivity index (χ2n) is 4.64. The fraction of sp³-hybridized carbons (Fsp3) is 0.133. The number of aryl methyl sites for hydroxylation is 1. The maximum absolute atomic E-state index is 13.2. The van der Waals surface area contributed by atoms with Crippen LogP contribution in [0.5, 0.6) is 0 Å². The summed E-state index contributed by atoms with van der Waals surface area (Å²) in [5.41, 5.74) is 9.17. The van der Waals surface area contributed by atoms with Crippen molar-refractivity contribution in [3.8, 4) is 0 Å². The number of hydrogen-bond donors (Lipinski definition) is 1. The summed E-state index contributed by atoms with van der Waals surface area (Å²) in [5, 5.41) is 0. The molecule has 0 saturated heterocycles. The summed E-state index contributed by atoms with van der Waals surface area (Å²) in [5.74, 6) is 0.648. The molecule has 0 bridgehead atoms. The van der Waals surface area contributed by atoms with Crippen molar-refractivity contribution in [1.82, 2.24) is 9.55 Å². The van der Waals surface area contributed by atoms with Crippen LogP contribution in [0.15, 0.2) is 42.5 Å². The van der Waals surface area contributed by atoms with Gasteiger partial charge in [-0.3, -0.25) is 0 Å². The highest BCUT2D eigenvalue weighted by Crippen LogP contribution is 2.18. The summed E-state index contributed by atoms with van der Waals surface area (Å²) in [7, 11) is 1.94. The molecular weight excluding hydrogens is 241 g/mol. The quantitative estimate of drug-likeness (QED) is 0.715. The highest BCUT2D eigenvalue weighted by Gasteiger charge is 2.09. The van der Waals surface area contributed by atoms with Crippen molar-refractivity contribution in [2.75, 3.05) is 5.73 Å². The molecule has 0 atom stereocenters. The number of benzene rings is 2. The predicted molar refractivity (Wildman–Crippen MR) is 74.3 cm³/mol. The van der Waals surface area contributed by atoms with Gasteiger partial charge in [-0.1, -0.05) is 12.1 Å². The van der Waals surface area contributed by atoms with E-state index in [2.05, 4.69) is 4.98 Å². The fourth-order valence-corrected chi connectivity index (χ4v) is 2.20. The Morgan fingerprint density at radius 3 is 2.63 bits per heavy atom. The van der Waals surface area contributed by atoms with Crippen LogP contribution in [0.1, 0.15) is 11.4 Å². The van der Waals surface area contributed by atoms with E-state index < -0.39 is 0 Å². The lowest BCUT2D eigenvalue weighted by Crippen LogP contribution is -1.99. The number of nitrogen functional groups attached to an aromatic ring is 1. The Balaban J connectivity index is 2.01. The van der Waals surface area contributed by atoms with Crippen LogP contribution in [0.3, 0.4) is 0 Å². The number of nitrogens with zero attached hydrogens (tertiary/aromatic N) is 2. The lowest BCUT2D eigenvalue weighted by atomic mass is 10.1. The van der Waals surface area contributed by atoms with Gasteiger partial charge in [-0.05, 0) is 29.8 Å². The molecule has 1 heterocycles. The third-order valence-electron chi connectivity index (χ3n) is 3.28. The Kier molecular flexibility index (Phi) is 2.71. The van der Waals surface area contributed by atoms with Gasteiger partial charge in [0.2, 0.25) is 0 Å². The first-order chi connectivity index (χ1) is 9.13. The fourth-order valence-electron chi connectivity index (χ4n) is 2.20. The average Bonchev–Trinajstić information content (AvgIpc) is 2.68. The van der Waals surface area contributed by atoms with E-state index in [1.54, 1.807) is 6.07 Å². The Bertz CT molecular complexity index is 729. The maximum Gasteiger partial charge on any atom is 0.125 e. The molecule has 0 radical (unpaired) electrons. The molecule has 0 aliphatic carbocycles. The molecule has 0 unspecified atom stereocenters. The van der Waals surface area contributed by atoms with Crippen molar-refractivity contribution in [1.29, 1.82) is 0 Å². The Hall–Kier alpha value is -2.36. The van der Waals surface area contributed by atoms with Crippen LogP contribution in [-0.2, 0) is 13.5 Å². The predicted octanol–water partition coefficient (Wildman–Crippen LogP) is 2.89. The normalized spacial score (nSPS) is 11.1. The van der Waals surface area contributed by atoms with Crippen molar-refractivity contribution >= 4 is 16.7 Å². The van der Waals surface area contributed by atoms with E-state index in [-0.39, 0.29) is 5.82 Å². The third kappa shape index (κ3) is 2.17. The molecule has 0 fully saturated rings. The summed E-state index contributed by atoms with van der Waals surface area (Å²) in [4.78, 5) is 4.48. The number of aromatic nitrogens is 2. The van der Waals surface area contributed by atoms with Gasteiger partial charge in [0.15, 0.2) is 0 Å². The molecule has 0 aliphatic heterocycles. The number of fused-ring (bicyclic) bond motifs is 1. The molecule has 2 N–H and O–H groups in total. The van der Waals surface area contributed by atoms with Crippen molar-refractivity contribution < 1.29 is 4.39 Å². The van der Waals surface area contributed by atoms with Crippen molar-refractivity contribution in [2.24, 2.45) is 7.05 Å². The number of nitrogens with two attached hydrogens (primary N) is 1. The highest BCUT2D eigenvalue weighted by molar-refractivity contribution is 5.76. The maximum atomic E-state index is 13.2. The van der Waals surface area contributed by atoms with Gasteiger partial charge in [-0.2, -0.15) is 0 Å². The first kappa shape index (κ1) is 11.7. The summed E-state index contributed by atoms with van der Waals surface area (Å²) >= 11 is 0. The summed E-state index contributed by atoms with van der Waals surface area (Å²) in [6.45, 7) is 0. The van der Waals surface area contributed by atoms with Gasteiger partial charge < -0.3 is 10.3 Å². The molecule has 3 rings (SSSR count). The summed E-state index contributed by atoms with van der Waals surface area (Å²) in [6, 6.07) is 12.4. The van der Waals surface area contributed by atoms with E-state index in [4.69, 9.17) is 5.73 Å². The Morgan fingerprint density at radius 2 is 1.89 bits per heavy atom. The van der Waals surface area contributed by atoms with Crippen LogP contribution in [0.4, 0.5) is 10.1 Å². The molecule has 2 aromatic carbocycles. The van der Waals surface area contributed by atoms with E-state index in [9.17, 15) is 4.39 Å². The average molecular weight is 255 g/mol. The van der Waals surface area contributed by atoms with Crippen molar-refractivity contribution in [3.05, 3.63) is 59.7 Å². The topological polar surface area (TPSA) is 43.8 Å². The van der Waals surface area contributed by atoms with Gasteiger partial charge >= 0.3 is 0 Å². The SMILES string of the molecule is Cn1c(Cc2ccc(N)cc2)nc2cc(F)ccc21. The smallest absolute Gasteiger partial charge is 0.125 e. The van der Waals surface area contributed by atoms with E-state index in [1.807, 2.05) is 35.9 Å². The molecule has 0 saturated carbocycles. The minimum absolute atomic E-state index is 0.260. The van der Waals surface area contributed by atoms with Gasteiger partial charge in [0.25, 0.3) is 0 Å². The molecule has 96 valence electrons. The van der Waals surface area contributed by atoms with Gasteiger partial charge in [0.05, 0.1) is 11.0 Å². The molecular formula is C15H14FN3. The minimum atomic E-state index is -0.260. The Morgan fingerprint density at radius 1 is 1.16 bits per heavy atom. The lowest BCUT2D eigenvalue weighted by Gasteiger charge is -2.03. The molecule has 3 aromatic rings. The lowest BCUT2D eigenvalue weighted by molar-refractivity contribution is 0.629. The molecule has 4 heteroatoms. The van der Waals surface area contributed by atoms with Crippen LogP contribution in [0.2, 0.25) is 0 Å². The second kappa shape index (κ2) is 4.39. The van der Waals surface area contributed by atoms with Crippen LogP contribution >= 0.6 is 0 Å². The summed E-state index contributed by atoms with van der Waals surface area (Å²) in [6.07, 6.45) is 0.701. The summed E-state index contributed by atoms with van der Waals surface area (Å²) < 4.78 is 15.2. The van der Waals surface area contributed by atoms with Gasteiger partial charge in [-0.15, -0.1) is 0 Å². The van der Waals surface area contributed by atoms with Crippen LogP contribution in [0.25, 0.3) is 11.0 Å². The van der Waals surface area contributed by atoms with E-state index in [0.717, 1.165) is 22.6 Å². The highest BCUT2D eigenvalue weighted by atomic mass is 19.1. The number of rotatable bonds is 2. The van der Waals surface area contributed by atoms with Crippen molar-refractivity contribution in [3.63, 3.8) is 0 Å². The number of anilines is 1. The molecule has 3 nitrogen and oxygen atoms in total. The van der Waals surface area contributed by atoms with Crippen LogP contribution in [0, 0.1) is 5.82 Å². The third-order valence-corrected chi connectivity index (χ3v) is 3.28. The number of halogens is 1. The van der Waals surface area contributed by atoms with Gasteiger partial charge in [-0.25, -0.2) is 9.37 Å². The largest absolute Gasteiger partial charge is 0.399 e. The molecule has 0 amide bonds. The minimum Gasteiger partial charge on any atom is -0.399 e. The van der Waals surface area contributed by atoms with Gasteiger partial charge in [0, 0.05) is 25.2 Å². The first-order valence-corrected chi connectivity index (χ1v) is 6.09. The second-order valence-corrected chi connectivity index (χ2v) is 4.64. The molecule has 0 spiro atoms. The Labute approximate surface area is 110 Å². The molecule has 0 aliphatic rings. The zero-order valence-corrected chi connectivity index (χ0v) is 10.6. The zero-order valence-electron chi connectivity index (χ0n) is 10.6.